The number of rotatable bonds is 6. The van der Waals surface area contributed by atoms with Gasteiger partial charge in [0.25, 0.3) is 5.91 Å². The Morgan fingerprint density at radius 1 is 1.33 bits per heavy atom. The van der Waals surface area contributed by atoms with E-state index >= 15 is 0 Å². The maximum absolute atomic E-state index is 12.3. The van der Waals surface area contributed by atoms with Gasteiger partial charge in [0.05, 0.1) is 13.1 Å². The molecule has 1 atom stereocenters. The molecule has 1 amide bonds. The summed E-state index contributed by atoms with van der Waals surface area (Å²) < 4.78 is 16.8. The molecule has 2 saturated heterocycles. The zero-order valence-corrected chi connectivity index (χ0v) is 14.6. The summed E-state index contributed by atoms with van der Waals surface area (Å²) in [5.74, 6) is 1.40. The van der Waals surface area contributed by atoms with E-state index in [-0.39, 0.29) is 18.1 Å². The minimum atomic E-state index is -0.129. The fraction of sp³-hybridized carbons (Fsp3) is 0.632. The molecule has 1 spiro atoms. The van der Waals surface area contributed by atoms with E-state index in [1.165, 1.54) is 5.56 Å². The van der Waals surface area contributed by atoms with Crippen LogP contribution >= 0.6 is 0 Å². The number of aryl methyl sites for hydroxylation is 1. The van der Waals surface area contributed by atoms with Gasteiger partial charge in [0.1, 0.15) is 11.4 Å². The van der Waals surface area contributed by atoms with Gasteiger partial charge in [0.2, 0.25) is 0 Å². The molecule has 0 radical (unpaired) electrons. The van der Waals surface area contributed by atoms with Crippen molar-refractivity contribution >= 4 is 5.91 Å². The lowest BCUT2D eigenvalue weighted by molar-refractivity contribution is -0.190. The first-order chi connectivity index (χ1) is 11.6. The molecule has 0 N–H and O–H groups in total. The molecule has 5 heteroatoms. The second-order valence-electron chi connectivity index (χ2n) is 7.02. The number of carbonyl (C=O) groups is 1. The van der Waals surface area contributed by atoms with E-state index < -0.39 is 0 Å². The average molecular weight is 333 g/mol. The van der Waals surface area contributed by atoms with Gasteiger partial charge >= 0.3 is 0 Å². The normalized spacial score (nSPS) is 22.2. The van der Waals surface area contributed by atoms with Gasteiger partial charge in [-0.05, 0) is 44.2 Å². The summed E-state index contributed by atoms with van der Waals surface area (Å²) in [7, 11) is 1.74. The van der Waals surface area contributed by atoms with Gasteiger partial charge in [-0.15, -0.1) is 0 Å². The van der Waals surface area contributed by atoms with Crippen LogP contribution in [0, 0.1) is 12.8 Å². The number of likely N-dealkylation sites (tertiary alicyclic amines) is 1. The Morgan fingerprint density at radius 2 is 2.08 bits per heavy atom. The number of hydrogen-bond donors (Lipinski definition) is 0. The molecule has 1 aromatic rings. The van der Waals surface area contributed by atoms with Crippen LogP contribution in [0.15, 0.2) is 24.3 Å². The fourth-order valence-corrected chi connectivity index (χ4v) is 3.58. The van der Waals surface area contributed by atoms with Crippen molar-refractivity contribution < 1.29 is 19.0 Å². The molecular formula is C19H27NO4. The number of hydrogen-bond acceptors (Lipinski definition) is 4. The minimum absolute atomic E-state index is 0.0313. The van der Waals surface area contributed by atoms with Gasteiger partial charge in [-0.25, -0.2) is 0 Å². The maximum atomic E-state index is 12.3. The van der Waals surface area contributed by atoms with Gasteiger partial charge in [-0.2, -0.15) is 0 Å². The van der Waals surface area contributed by atoms with E-state index in [4.69, 9.17) is 14.2 Å². The average Bonchev–Trinajstić information content (AvgIpc) is 2.57. The van der Waals surface area contributed by atoms with Crippen LogP contribution in [0.5, 0.6) is 5.75 Å². The van der Waals surface area contributed by atoms with E-state index in [0.717, 1.165) is 38.2 Å². The first-order valence-electron chi connectivity index (χ1n) is 8.70. The number of methoxy groups -OCH3 is 1. The molecule has 2 heterocycles. The Bertz CT molecular complexity index is 551. The molecule has 2 fully saturated rings. The number of ether oxygens (including phenoxy) is 3. The van der Waals surface area contributed by atoms with Crippen molar-refractivity contribution in [3.05, 3.63) is 29.8 Å². The molecule has 0 bridgehead atoms. The predicted molar refractivity (Wildman–Crippen MR) is 91.2 cm³/mol. The lowest BCUT2D eigenvalue weighted by Crippen LogP contribution is -2.67. The molecule has 24 heavy (non-hydrogen) atoms. The van der Waals surface area contributed by atoms with Crippen LogP contribution in [0.4, 0.5) is 0 Å². The lowest BCUT2D eigenvalue weighted by Gasteiger charge is -2.53. The summed E-state index contributed by atoms with van der Waals surface area (Å²) in [6.07, 6.45) is 3.20. The highest BCUT2D eigenvalue weighted by molar-refractivity contribution is 5.79. The molecule has 5 nitrogen and oxygen atoms in total. The summed E-state index contributed by atoms with van der Waals surface area (Å²) in [6, 6.07) is 7.75. The van der Waals surface area contributed by atoms with Crippen LogP contribution in [-0.2, 0) is 14.3 Å². The summed E-state index contributed by atoms with van der Waals surface area (Å²) in [5.41, 5.74) is 1.05. The van der Waals surface area contributed by atoms with Crippen LogP contribution in [0.2, 0.25) is 0 Å². The predicted octanol–water partition coefficient (Wildman–Crippen LogP) is 2.42. The highest BCUT2D eigenvalue weighted by Gasteiger charge is 2.49. The first-order valence-corrected chi connectivity index (χ1v) is 8.70. The number of carbonyl (C=O) groups excluding carboxylic acids is 1. The van der Waals surface area contributed by atoms with E-state index in [1.54, 1.807) is 7.11 Å². The molecule has 0 saturated carbocycles. The highest BCUT2D eigenvalue weighted by atomic mass is 16.5. The van der Waals surface area contributed by atoms with Gasteiger partial charge in [-0.1, -0.05) is 17.7 Å². The summed E-state index contributed by atoms with van der Waals surface area (Å²) in [4.78, 5) is 14.1. The molecule has 1 aromatic carbocycles. The van der Waals surface area contributed by atoms with Crippen LogP contribution in [0.25, 0.3) is 0 Å². The molecule has 132 valence electrons. The molecule has 3 rings (SSSR count). The van der Waals surface area contributed by atoms with Crippen molar-refractivity contribution in [1.29, 1.82) is 0 Å². The Kier molecular flexibility index (Phi) is 5.41. The van der Waals surface area contributed by atoms with Crippen LogP contribution in [-0.4, -0.2) is 56.4 Å². The van der Waals surface area contributed by atoms with Crippen LogP contribution in [0.1, 0.15) is 24.8 Å². The van der Waals surface area contributed by atoms with Gasteiger partial charge in [-0.3, -0.25) is 4.79 Å². The van der Waals surface area contributed by atoms with Crippen molar-refractivity contribution in [2.75, 3.05) is 40.0 Å². The maximum Gasteiger partial charge on any atom is 0.260 e. The highest BCUT2D eigenvalue weighted by Crippen LogP contribution is 2.38. The second-order valence-corrected chi connectivity index (χ2v) is 7.02. The Balaban J connectivity index is 1.43. The monoisotopic (exact) mass is 333 g/mol. The first kappa shape index (κ1) is 17.2. The van der Waals surface area contributed by atoms with E-state index in [0.29, 0.717) is 19.0 Å². The lowest BCUT2D eigenvalue weighted by atomic mass is 9.79. The van der Waals surface area contributed by atoms with Gasteiger partial charge in [0.15, 0.2) is 6.61 Å². The molecular weight excluding hydrogens is 306 g/mol. The van der Waals surface area contributed by atoms with Crippen LogP contribution in [0.3, 0.4) is 0 Å². The Hall–Kier alpha value is -1.59. The summed E-state index contributed by atoms with van der Waals surface area (Å²) in [6.45, 7) is 5.08. The summed E-state index contributed by atoms with van der Waals surface area (Å²) >= 11 is 0. The van der Waals surface area contributed by atoms with Crippen molar-refractivity contribution in [3.63, 3.8) is 0 Å². The van der Waals surface area contributed by atoms with E-state index in [9.17, 15) is 4.79 Å². The second kappa shape index (κ2) is 7.53. The molecule has 0 aliphatic carbocycles. The zero-order valence-electron chi connectivity index (χ0n) is 14.6. The van der Waals surface area contributed by atoms with E-state index in [2.05, 4.69) is 0 Å². The Labute approximate surface area is 143 Å². The third kappa shape index (κ3) is 4.08. The summed E-state index contributed by atoms with van der Waals surface area (Å²) in [5, 5.41) is 0. The number of nitrogens with zero attached hydrogens (tertiary/aromatic N) is 1. The number of amides is 1. The molecule has 2 aliphatic rings. The SMILES string of the molecule is COCC[C@H]1CCOC2(C1)CN(C(=O)COc1ccc(C)cc1)C2. The number of benzene rings is 1. The largest absolute Gasteiger partial charge is 0.484 e. The van der Waals surface area contributed by atoms with Crippen molar-refractivity contribution in [1.82, 2.24) is 4.90 Å². The minimum Gasteiger partial charge on any atom is -0.484 e. The quantitative estimate of drug-likeness (QED) is 0.802. The standard InChI is InChI=1S/C19H27NO4/c1-15-3-5-17(6-4-15)23-12-18(21)20-13-19(14-20)11-16(7-9-22-2)8-10-24-19/h3-6,16H,7-14H2,1-2H3/t16-/m0/s1. The fourth-order valence-electron chi connectivity index (χ4n) is 3.58. The third-order valence-electron chi connectivity index (χ3n) is 5.02. The smallest absolute Gasteiger partial charge is 0.260 e. The molecule has 0 aromatic heterocycles. The van der Waals surface area contributed by atoms with Crippen LogP contribution < -0.4 is 4.74 Å². The topological polar surface area (TPSA) is 48.0 Å². The van der Waals surface area contributed by atoms with Crippen molar-refractivity contribution in [2.45, 2.75) is 31.8 Å². The third-order valence-corrected chi connectivity index (χ3v) is 5.02. The van der Waals surface area contributed by atoms with Crippen molar-refractivity contribution in [3.8, 4) is 5.75 Å². The van der Waals surface area contributed by atoms with Crippen molar-refractivity contribution in [2.24, 2.45) is 5.92 Å². The Morgan fingerprint density at radius 3 is 2.79 bits per heavy atom. The van der Waals surface area contributed by atoms with Gasteiger partial charge < -0.3 is 19.1 Å². The zero-order chi connectivity index (χ0) is 17.0. The van der Waals surface area contributed by atoms with Gasteiger partial charge in [0, 0.05) is 20.3 Å². The molecule has 0 unspecified atom stereocenters. The van der Waals surface area contributed by atoms with E-state index in [1.807, 2.05) is 36.1 Å². The molecule has 2 aliphatic heterocycles.